The molecule has 1 saturated carbocycles. The smallest absolute Gasteiger partial charge is 0.247 e. The molecular formula is C14H21N3O3. The van der Waals surface area contributed by atoms with E-state index >= 15 is 0 Å². The molecule has 2 unspecified atom stereocenters. The van der Waals surface area contributed by atoms with Crippen LogP contribution >= 0.6 is 0 Å². The van der Waals surface area contributed by atoms with E-state index in [1.54, 1.807) is 0 Å². The Kier molecular flexibility index (Phi) is 3.74. The molecule has 2 aliphatic heterocycles. The van der Waals surface area contributed by atoms with E-state index in [1.165, 1.54) is 11.3 Å². The zero-order chi connectivity index (χ0) is 14.1. The van der Waals surface area contributed by atoms with Crippen molar-refractivity contribution in [2.75, 3.05) is 6.54 Å². The molecule has 3 amide bonds. The van der Waals surface area contributed by atoms with Crippen molar-refractivity contribution in [1.82, 2.24) is 15.5 Å². The first kappa shape index (κ1) is 13.5. The van der Waals surface area contributed by atoms with E-state index < -0.39 is 6.04 Å². The normalized spacial score (nSPS) is 32.0. The fourth-order valence-electron chi connectivity index (χ4n) is 3.51. The molecule has 2 heterocycles. The van der Waals surface area contributed by atoms with Crippen LogP contribution in [0.15, 0.2) is 0 Å². The molecule has 1 aliphatic carbocycles. The average Bonchev–Trinajstić information content (AvgIpc) is 2.96. The Hall–Kier alpha value is -1.43. The first-order chi connectivity index (χ1) is 9.65. The standard InChI is InChI=1S/C14H21N3O3/c18-12-6-9(8-15-12)16-11-7-13(19)17(14(11)20)10-4-2-1-3-5-10/h9-11,16H,1-8H2,(H,15,18). The summed E-state index contributed by atoms with van der Waals surface area (Å²) in [6.07, 6.45) is 5.90. The number of carbonyl (C=O) groups excluding carboxylic acids is 3. The molecular weight excluding hydrogens is 258 g/mol. The van der Waals surface area contributed by atoms with Crippen LogP contribution in [0.2, 0.25) is 0 Å². The third-order valence-corrected chi connectivity index (χ3v) is 4.54. The van der Waals surface area contributed by atoms with Crippen LogP contribution in [-0.2, 0) is 14.4 Å². The minimum absolute atomic E-state index is 0.00316. The average molecular weight is 279 g/mol. The maximum absolute atomic E-state index is 12.4. The molecule has 2 saturated heterocycles. The molecule has 6 nitrogen and oxygen atoms in total. The third-order valence-electron chi connectivity index (χ3n) is 4.54. The summed E-state index contributed by atoms with van der Waals surface area (Å²) >= 11 is 0. The zero-order valence-electron chi connectivity index (χ0n) is 11.6. The van der Waals surface area contributed by atoms with Gasteiger partial charge in [0.1, 0.15) is 0 Å². The van der Waals surface area contributed by atoms with Crippen LogP contribution in [0, 0.1) is 0 Å². The highest BCUT2D eigenvalue weighted by Gasteiger charge is 2.43. The summed E-state index contributed by atoms with van der Waals surface area (Å²) in [6, 6.07) is -0.378. The molecule has 0 aromatic carbocycles. The monoisotopic (exact) mass is 279 g/mol. The van der Waals surface area contributed by atoms with Gasteiger partial charge in [0.2, 0.25) is 17.7 Å². The lowest BCUT2D eigenvalue weighted by molar-refractivity contribution is -0.142. The van der Waals surface area contributed by atoms with Gasteiger partial charge in [-0.3, -0.25) is 19.3 Å². The van der Waals surface area contributed by atoms with Gasteiger partial charge in [-0.05, 0) is 12.8 Å². The Morgan fingerprint density at radius 1 is 1.05 bits per heavy atom. The number of rotatable bonds is 3. The molecule has 3 aliphatic rings. The predicted octanol–water partition coefficient (Wildman–Crippen LogP) is -0.0753. The van der Waals surface area contributed by atoms with Crippen LogP contribution in [0.1, 0.15) is 44.9 Å². The second-order valence-corrected chi connectivity index (χ2v) is 6.02. The maximum atomic E-state index is 12.4. The summed E-state index contributed by atoms with van der Waals surface area (Å²) in [7, 11) is 0. The summed E-state index contributed by atoms with van der Waals surface area (Å²) in [5.74, 6) is -0.152. The van der Waals surface area contributed by atoms with Crippen LogP contribution in [0.4, 0.5) is 0 Å². The zero-order valence-corrected chi connectivity index (χ0v) is 11.6. The van der Waals surface area contributed by atoms with Crippen molar-refractivity contribution in [1.29, 1.82) is 0 Å². The van der Waals surface area contributed by atoms with Gasteiger partial charge in [0.25, 0.3) is 0 Å². The van der Waals surface area contributed by atoms with Gasteiger partial charge in [-0.2, -0.15) is 0 Å². The number of hydrogen-bond acceptors (Lipinski definition) is 4. The minimum Gasteiger partial charge on any atom is -0.354 e. The van der Waals surface area contributed by atoms with E-state index in [-0.39, 0.29) is 36.2 Å². The number of likely N-dealkylation sites (tertiary alicyclic amines) is 1. The lowest BCUT2D eigenvalue weighted by Gasteiger charge is -2.29. The first-order valence-corrected chi connectivity index (χ1v) is 7.54. The summed E-state index contributed by atoms with van der Waals surface area (Å²) < 4.78 is 0. The van der Waals surface area contributed by atoms with E-state index in [9.17, 15) is 14.4 Å². The summed E-state index contributed by atoms with van der Waals surface area (Å²) in [5, 5.41) is 5.90. The summed E-state index contributed by atoms with van der Waals surface area (Å²) in [5.41, 5.74) is 0. The Morgan fingerprint density at radius 2 is 1.80 bits per heavy atom. The quantitative estimate of drug-likeness (QED) is 0.709. The lowest BCUT2D eigenvalue weighted by Crippen LogP contribution is -2.47. The van der Waals surface area contributed by atoms with Crippen molar-refractivity contribution in [3.8, 4) is 0 Å². The number of nitrogens with zero attached hydrogens (tertiary/aromatic N) is 1. The van der Waals surface area contributed by atoms with Gasteiger partial charge < -0.3 is 10.6 Å². The molecule has 0 radical (unpaired) electrons. The van der Waals surface area contributed by atoms with Gasteiger partial charge in [0.15, 0.2) is 0 Å². The first-order valence-electron chi connectivity index (χ1n) is 7.54. The highest BCUT2D eigenvalue weighted by molar-refractivity contribution is 6.06. The Labute approximate surface area is 118 Å². The second kappa shape index (κ2) is 5.52. The van der Waals surface area contributed by atoms with Crippen LogP contribution in [0.3, 0.4) is 0 Å². The lowest BCUT2D eigenvalue weighted by atomic mass is 9.94. The molecule has 0 spiro atoms. The van der Waals surface area contributed by atoms with Gasteiger partial charge in [-0.1, -0.05) is 19.3 Å². The molecule has 0 aromatic heterocycles. The van der Waals surface area contributed by atoms with E-state index in [0.29, 0.717) is 13.0 Å². The Bertz CT molecular complexity index is 431. The molecule has 6 heteroatoms. The molecule has 110 valence electrons. The highest BCUT2D eigenvalue weighted by Crippen LogP contribution is 2.27. The Morgan fingerprint density at radius 3 is 2.45 bits per heavy atom. The fourth-order valence-corrected chi connectivity index (χ4v) is 3.51. The van der Waals surface area contributed by atoms with E-state index in [4.69, 9.17) is 0 Å². The second-order valence-electron chi connectivity index (χ2n) is 6.02. The van der Waals surface area contributed by atoms with Gasteiger partial charge >= 0.3 is 0 Å². The molecule has 20 heavy (non-hydrogen) atoms. The molecule has 3 fully saturated rings. The van der Waals surface area contributed by atoms with E-state index in [2.05, 4.69) is 10.6 Å². The third kappa shape index (κ3) is 2.57. The Balaban J connectivity index is 1.62. The van der Waals surface area contributed by atoms with Gasteiger partial charge in [-0.25, -0.2) is 0 Å². The molecule has 0 bridgehead atoms. The largest absolute Gasteiger partial charge is 0.354 e. The summed E-state index contributed by atoms with van der Waals surface area (Å²) in [4.78, 5) is 37.2. The van der Waals surface area contributed by atoms with Crippen molar-refractivity contribution in [2.45, 2.75) is 63.1 Å². The predicted molar refractivity (Wildman–Crippen MR) is 71.7 cm³/mol. The molecule has 3 rings (SSSR count). The van der Waals surface area contributed by atoms with Crippen molar-refractivity contribution in [3.05, 3.63) is 0 Å². The number of nitrogens with one attached hydrogen (secondary N) is 2. The van der Waals surface area contributed by atoms with Crippen LogP contribution < -0.4 is 10.6 Å². The van der Waals surface area contributed by atoms with Crippen LogP contribution in [0.25, 0.3) is 0 Å². The van der Waals surface area contributed by atoms with Crippen molar-refractivity contribution in [2.24, 2.45) is 0 Å². The number of carbonyl (C=O) groups is 3. The molecule has 2 N–H and O–H groups in total. The van der Waals surface area contributed by atoms with Crippen molar-refractivity contribution < 1.29 is 14.4 Å². The summed E-state index contributed by atoms with van der Waals surface area (Å²) in [6.45, 7) is 0.542. The topological polar surface area (TPSA) is 78.5 Å². The van der Waals surface area contributed by atoms with Crippen molar-refractivity contribution >= 4 is 17.7 Å². The maximum Gasteiger partial charge on any atom is 0.247 e. The number of imide groups is 1. The minimum atomic E-state index is -0.442. The highest BCUT2D eigenvalue weighted by atomic mass is 16.2. The van der Waals surface area contributed by atoms with Crippen LogP contribution in [-0.4, -0.2) is 47.3 Å². The molecule has 2 atom stereocenters. The van der Waals surface area contributed by atoms with Gasteiger partial charge in [0.05, 0.1) is 12.5 Å². The van der Waals surface area contributed by atoms with Crippen LogP contribution in [0.5, 0.6) is 0 Å². The fraction of sp³-hybridized carbons (Fsp3) is 0.786. The SMILES string of the molecule is O=C1CC(NC2CC(=O)N(C3CCCCC3)C2=O)CN1. The van der Waals surface area contributed by atoms with Gasteiger partial charge in [-0.15, -0.1) is 0 Å². The number of amides is 3. The number of hydrogen-bond donors (Lipinski definition) is 2. The van der Waals surface area contributed by atoms with E-state index in [1.807, 2.05) is 0 Å². The van der Waals surface area contributed by atoms with E-state index in [0.717, 1.165) is 25.7 Å². The van der Waals surface area contributed by atoms with Crippen molar-refractivity contribution in [3.63, 3.8) is 0 Å². The molecule has 0 aromatic rings. The van der Waals surface area contributed by atoms with Gasteiger partial charge in [0, 0.05) is 25.0 Å².